The minimum absolute atomic E-state index is 0.546. The van der Waals surface area contributed by atoms with E-state index in [0.717, 1.165) is 7.11 Å². The normalized spacial score (nSPS) is 10.4. The first-order chi connectivity index (χ1) is 7.90. The van der Waals surface area contributed by atoms with E-state index in [4.69, 9.17) is 5.73 Å². The Kier molecular flexibility index (Phi) is 3.51. The second kappa shape index (κ2) is 4.68. The molecule has 17 heavy (non-hydrogen) atoms. The van der Waals surface area contributed by atoms with Crippen LogP contribution in [-0.4, -0.2) is 22.9 Å². The molecule has 1 aromatic heterocycles. The summed E-state index contributed by atoms with van der Waals surface area (Å²) in [5.41, 5.74) is 2.53. The molecule has 0 saturated carbocycles. The highest BCUT2D eigenvalue weighted by molar-refractivity contribution is 5.99. The van der Waals surface area contributed by atoms with Crippen molar-refractivity contribution in [1.29, 1.82) is 0 Å². The van der Waals surface area contributed by atoms with Crippen LogP contribution in [0.15, 0.2) is 6.20 Å². The van der Waals surface area contributed by atoms with Gasteiger partial charge in [-0.3, -0.25) is 14.9 Å². The SMILES string of the molecule is COc1c(C(F)F)ncc([N+](=O)[O-])c1C(N)=O. The van der Waals surface area contributed by atoms with Gasteiger partial charge >= 0.3 is 5.69 Å². The second-order valence-electron chi connectivity index (χ2n) is 2.86. The van der Waals surface area contributed by atoms with E-state index < -0.39 is 40.0 Å². The van der Waals surface area contributed by atoms with Gasteiger partial charge in [0.25, 0.3) is 12.3 Å². The molecule has 0 aliphatic rings. The molecule has 9 heteroatoms. The highest BCUT2D eigenvalue weighted by atomic mass is 19.3. The van der Waals surface area contributed by atoms with Crippen LogP contribution in [-0.2, 0) is 0 Å². The number of amides is 1. The standard InChI is InChI=1S/C8H7F2N3O4/c1-17-6-4(8(11)14)3(13(15)16)2-12-5(6)7(9)10/h2,7H,1H3,(H2,11,14). The summed E-state index contributed by atoms with van der Waals surface area (Å²) in [4.78, 5) is 23.9. The third kappa shape index (κ3) is 2.27. The first kappa shape index (κ1) is 12.7. The van der Waals surface area contributed by atoms with E-state index in [1.807, 2.05) is 0 Å². The first-order valence-corrected chi connectivity index (χ1v) is 4.19. The van der Waals surface area contributed by atoms with Gasteiger partial charge in [-0.25, -0.2) is 13.8 Å². The molecular formula is C8H7F2N3O4. The fourth-order valence-corrected chi connectivity index (χ4v) is 1.24. The van der Waals surface area contributed by atoms with Crippen molar-refractivity contribution in [3.8, 4) is 5.75 Å². The maximum atomic E-state index is 12.5. The van der Waals surface area contributed by atoms with Gasteiger partial charge in [-0.1, -0.05) is 0 Å². The van der Waals surface area contributed by atoms with Gasteiger partial charge in [-0.05, 0) is 0 Å². The van der Waals surface area contributed by atoms with Gasteiger partial charge in [0.05, 0.1) is 12.0 Å². The number of rotatable bonds is 4. The Morgan fingerprint density at radius 3 is 2.59 bits per heavy atom. The van der Waals surface area contributed by atoms with Crippen molar-refractivity contribution in [2.24, 2.45) is 5.73 Å². The smallest absolute Gasteiger partial charge is 0.304 e. The third-order valence-electron chi connectivity index (χ3n) is 1.90. The molecule has 1 heterocycles. The summed E-state index contributed by atoms with van der Waals surface area (Å²) in [5.74, 6) is -1.92. The van der Waals surface area contributed by atoms with Crippen molar-refractivity contribution in [2.45, 2.75) is 6.43 Å². The average molecular weight is 247 g/mol. The Balaban J connectivity index is 3.61. The van der Waals surface area contributed by atoms with Crippen molar-refractivity contribution >= 4 is 11.6 Å². The Bertz CT molecular complexity index is 478. The lowest BCUT2D eigenvalue weighted by Crippen LogP contribution is -2.17. The Morgan fingerprint density at radius 2 is 2.24 bits per heavy atom. The zero-order valence-corrected chi connectivity index (χ0v) is 8.52. The zero-order valence-electron chi connectivity index (χ0n) is 8.52. The molecule has 0 atom stereocenters. The predicted octanol–water partition coefficient (Wildman–Crippen LogP) is 1.03. The number of carbonyl (C=O) groups excluding carboxylic acids is 1. The third-order valence-corrected chi connectivity index (χ3v) is 1.90. The average Bonchev–Trinajstić information content (AvgIpc) is 2.26. The lowest BCUT2D eigenvalue weighted by molar-refractivity contribution is -0.385. The largest absolute Gasteiger partial charge is 0.493 e. The summed E-state index contributed by atoms with van der Waals surface area (Å²) in [6, 6.07) is 0. The van der Waals surface area contributed by atoms with Gasteiger partial charge in [0, 0.05) is 0 Å². The minimum Gasteiger partial charge on any atom is -0.493 e. The Hall–Kier alpha value is -2.32. The molecule has 2 N–H and O–H groups in total. The van der Waals surface area contributed by atoms with Gasteiger partial charge in [0.1, 0.15) is 11.9 Å². The molecule has 92 valence electrons. The number of primary amides is 1. The molecule has 7 nitrogen and oxygen atoms in total. The number of nitrogens with zero attached hydrogens (tertiary/aromatic N) is 2. The molecular weight excluding hydrogens is 240 g/mol. The number of aromatic nitrogens is 1. The molecule has 0 bridgehead atoms. The summed E-state index contributed by atoms with van der Waals surface area (Å²) < 4.78 is 29.6. The molecule has 0 aromatic carbocycles. The first-order valence-electron chi connectivity index (χ1n) is 4.19. The molecule has 0 spiro atoms. The van der Waals surface area contributed by atoms with E-state index in [1.54, 1.807) is 0 Å². The molecule has 0 aliphatic heterocycles. The van der Waals surface area contributed by atoms with Gasteiger partial charge in [-0.2, -0.15) is 0 Å². The number of methoxy groups -OCH3 is 1. The van der Waals surface area contributed by atoms with Crippen LogP contribution in [0.1, 0.15) is 22.5 Å². The van der Waals surface area contributed by atoms with Crippen LogP contribution in [0.4, 0.5) is 14.5 Å². The number of alkyl halides is 2. The van der Waals surface area contributed by atoms with Crippen molar-refractivity contribution in [3.05, 3.63) is 27.6 Å². The van der Waals surface area contributed by atoms with E-state index in [1.165, 1.54) is 0 Å². The van der Waals surface area contributed by atoms with E-state index >= 15 is 0 Å². The van der Waals surface area contributed by atoms with E-state index in [2.05, 4.69) is 9.72 Å². The number of carbonyl (C=O) groups is 1. The Labute approximate surface area is 93.3 Å². The van der Waals surface area contributed by atoms with Crippen molar-refractivity contribution in [2.75, 3.05) is 7.11 Å². The topological polar surface area (TPSA) is 108 Å². The molecule has 0 saturated heterocycles. The van der Waals surface area contributed by atoms with Crippen LogP contribution in [0.5, 0.6) is 5.75 Å². The summed E-state index contributed by atoms with van der Waals surface area (Å²) in [6.45, 7) is 0. The maximum absolute atomic E-state index is 12.5. The molecule has 1 rings (SSSR count). The van der Waals surface area contributed by atoms with Gasteiger partial charge in [-0.15, -0.1) is 0 Å². The lowest BCUT2D eigenvalue weighted by atomic mass is 10.1. The lowest BCUT2D eigenvalue weighted by Gasteiger charge is -2.10. The maximum Gasteiger partial charge on any atom is 0.304 e. The van der Waals surface area contributed by atoms with Crippen LogP contribution >= 0.6 is 0 Å². The number of ether oxygens (including phenoxy) is 1. The monoisotopic (exact) mass is 247 g/mol. The number of nitro groups is 1. The van der Waals surface area contributed by atoms with E-state index in [-0.39, 0.29) is 0 Å². The molecule has 0 fully saturated rings. The van der Waals surface area contributed by atoms with Gasteiger partial charge < -0.3 is 10.5 Å². The predicted molar refractivity (Wildman–Crippen MR) is 50.9 cm³/mol. The van der Waals surface area contributed by atoms with Crippen molar-refractivity contribution < 1.29 is 23.2 Å². The van der Waals surface area contributed by atoms with Gasteiger partial charge in [0.15, 0.2) is 11.3 Å². The molecule has 0 unspecified atom stereocenters. The molecule has 1 amide bonds. The number of hydrogen-bond donors (Lipinski definition) is 1. The fourth-order valence-electron chi connectivity index (χ4n) is 1.24. The number of hydrogen-bond acceptors (Lipinski definition) is 5. The number of pyridine rings is 1. The highest BCUT2D eigenvalue weighted by Crippen LogP contribution is 2.34. The summed E-state index contributed by atoms with van der Waals surface area (Å²) in [7, 11) is 0.985. The molecule has 0 aliphatic carbocycles. The van der Waals surface area contributed by atoms with Crippen LogP contribution in [0.3, 0.4) is 0 Å². The number of nitrogens with two attached hydrogens (primary N) is 1. The molecule has 0 radical (unpaired) electrons. The van der Waals surface area contributed by atoms with Crippen molar-refractivity contribution in [1.82, 2.24) is 4.98 Å². The molecule has 1 aromatic rings. The zero-order chi connectivity index (χ0) is 13.2. The summed E-state index contributed by atoms with van der Waals surface area (Å²) in [6.07, 6.45) is -2.49. The van der Waals surface area contributed by atoms with Crippen LogP contribution in [0, 0.1) is 10.1 Å². The minimum atomic E-state index is -3.04. The van der Waals surface area contributed by atoms with Crippen LogP contribution in [0.25, 0.3) is 0 Å². The van der Waals surface area contributed by atoms with Gasteiger partial charge in [0.2, 0.25) is 0 Å². The van der Waals surface area contributed by atoms with Crippen LogP contribution < -0.4 is 10.5 Å². The Morgan fingerprint density at radius 1 is 1.65 bits per heavy atom. The quantitative estimate of drug-likeness (QED) is 0.631. The van der Waals surface area contributed by atoms with E-state index in [9.17, 15) is 23.7 Å². The number of halogens is 2. The second-order valence-corrected chi connectivity index (χ2v) is 2.86. The fraction of sp³-hybridized carbons (Fsp3) is 0.250. The van der Waals surface area contributed by atoms with Crippen LogP contribution in [0.2, 0.25) is 0 Å². The van der Waals surface area contributed by atoms with Crippen molar-refractivity contribution in [3.63, 3.8) is 0 Å². The summed E-state index contributed by atoms with van der Waals surface area (Å²) in [5, 5.41) is 10.6. The highest BCUT2D eigenvalue weighted by Gasteiger charge is 2.30. The summed E-state index contributed by atoms with van der Waals surface area (Å²) >= 11 is 0. The van der Waals surface area contributed by atoms with E-state index in [0.29, 0.717) is 6.20 Å².